The highest BCUT2D eigenvalue weighted by molar-refractivity contribution is 5.08. The van der Waals surface area contributed by atoms with Crippen LogP contribution in [0, 0.1) is 11.3 Å². The van der Waals surface area contributed by atoms with Crippen molar-refractivity contribution in [3.05, 3.63) is 0 Å². The minimum absolute atomic E-state index is 0.335. The van der Waals surface area contributed by atoms with Crippen LogP contribution in [0.25, 0.3) is 0 Å². The summed E-state index contributed by atoms with van der Waals surface area (Å²) in [4.78, 5) is 2.55. The average Bonchev–Trinajstić information content (AvgIpc) is 3.14. The molecule has 3 heteroatoms. The Morgan fingerprint density at radius 3 is 2.53 bits per heavy atom. The van der Waals surface area contributed by atoms with E-state index in [-0.39, 0.29) is 5.54 Å². The highest BCUT2D eigenvalue weighted by Gasteiger charge is 2.34. The maximum absolute atomic E-state index is 9.38. The molecule has 0 spiro atoms. The third kappa shape index (κ3) is 3.69. The Kier molecular flexibility index (Phi) is 4.06. The van der Waals surface area contributed by atoms with Gasteiger partial charge in [-0.25, -0.2) is 0 Å². The number of hydrogen-bond donors (Lipinski definition) is 1. The van der Waals surface area contributed by atoms with Crippen LogP contribution in [0.3, 0.4) is 0 Å². The molecule has 0 amide bonds. The molecule has 1 N–H and O–H groups in total. The Labute approximate surface area is 105 Å². The fraction of sp³-hybridized carbons (Fsp3) is 0.929. The SMILES string of the molecule is CC(CC(C)(C#N)NC1CC1)N1CCCCC1. The normalized spacial score (nSPS) is 27.1. The smallest absolute Gasteiger partial charge is 0.105 e. The van der Waals surface area contributed by atoms with Crippen molar-refractivity contribution in [1.82, 2.24) is 10.2 Å². The van der Waals surface area contributed by atoms with Gasteiger partial charge in [0.25, 0.3) is 0 Å². The first-order chi connectivity index (χ1) is 8.13. The molecule has 2 atom stereocenters. The minimum atomic E-state index is -0.335. The van der Waals surface area contributed by atoms with Crippen molar-refractivity contribution < 1.29 is 0 Å². The van der Waals surface area contributed by atoms with E-state index in [0.29, 0.717) is 12.1 Å². The van der Waals surface area contributed by atoms with Gasteiger partial charge in [-0.2, -0.15) is 5.26 Å². The van der Waals surface area contributed by atoms with Gasteiger partial charge in [-0.05, 0) is 59.0 Å². The molecule has 3 nitrogen and oxygen atoms in total. The molecule has 0 aromatic rings. The molecule has 1 saturated heterocycles. The summed E-state index contributed by atoms with van der Waals surface area (Å²) in [6.07, 6.45) is 7.46. The number of hydrogen-bond acceptors (Lipinski definition) is 3. The largest absolute Gasteiger partial charge is 0.301 e. The third-order valence-corrected chi connectivity index (χ3v) is 4.06. The van der Waals surface area contributed by atoms with Crippen molar-refractivity contribution in [3.63, 3.8) is 0 Å². The minimum Gasteiger partial charge on any atom is -0.301 e. The molecule has 2 rings (SSSR count). The topological polar surface area (TPSA) is 39.1 Å². The fourth-order valence-electron chi connectivity index (χ4n) is 2.89. The zero-order chi connectivity index (χ0) is 12.3. The van der Waals surface area contributed by atoms with Crippen LogP contribution in [0.15, 0.2) is 0 Å². The molecule has 1 heterocycles. The molecule has 0 bridgehead atoms. The molecule has 0 radical (unpaired) electrons. The van der Waals surface area contributed by atoms with Crippen LogP contribution in [0.1, 0.15) is 52.4 Å². The van der Waals surface area contributed by atoms with Crippen LogP contribution in [-0.2, 0) is 0 Å². The first-order valence-electron chi connectivity index (χ1n) is 7.06. The maximum Gasteiger partial charge on any atom is 0.105 e. The number of rotatable bonds is 5. The second-order valence-electron chi connectivity index (χ2n) is 6.01. The lowest BCUT2D eigenvalue weighted by Gasteiger charge is -2.36. The highest BCUT2D eigenvalue weighted by Crippen LogP contribution is 2.26. The van der Waals surface area contributed by atoms with E-state index in [2.05, 4.69) is 30.1 Å². The van der Waals surface area contributed by atoms with Crippen LogP contribution >= 0.6 is 0 Å². The lowest BCUT2D eigenvalue weighted by atomic mass is 9.93. The summed E-state index contributed by atoms with van der Waals surface area (Å²) in [5, 5.41) is 12.9. The molecule has 1 saturated carbocycles. The van der Waals surface area contributed by atoms with Crippen molar-refractivity contribution >= 4 is 0 Å². The molecular formula is C14H25N3. The van der Waals surface area contributed by atoms with Gasteiger partial charge in [0.1, 0.15) is 5.54 Å². The van der Waals surface area contributed by atoms with E-state index in [1.165, 1.54) is 45.2 Å². The second-order valence-corrected chi connectivity index (χ2v) is 6.01. The lowest BCUT2D eigenvalue weighted by molar-refractivity contribution is 0.148. The summed E-state index contributed by atoms with van der Waals surface area (Å²) in [5.74, 6) is 0. The standard InChI is InChI=1S/C14H25N3/c1-12(17-8-4-3-5-9-17)10-14(2,11-15)16-13-6-7-13/h12-13,16H,3-10H2,1-2H3. The van der Waals surface area contributed by atoms with Crippen LogP contribution in [0.5, 0.6) is 0 Å². The van der Waals surface area contributed by atoms with E-state index >= 15 is 0 Å². The first-order valence-corrected chi connectivity index (χ1v) is 7.06. The van der Waals surface area contributed by atoms with E-state index in [0.717, 1.165) is 6.42 Å². The zero-order valence-corrected chi connectivity index (χ0v) is 11.2. The number of likely N-dealkylation sites (tertiary alicyclic amines) is 1. The molecule has 2 aliphatic rings. The van der Waals surface area contributed by atoms with Gasteiger partial charge in [0.2, 0.25) is 0 Å². The van der Waals surface area contributed by atoms with Gasteiger partial charge in [-0.3, -0.25) is 5.32 Å². The van der Waals surface area contributed by atoms with Crippen LogP contribution < -0.4 is 5.32 Å². The van der Waals surface area contributed by atoms with E-state index in [4.69, 9.17) is 0 Å². The van der Waals surface area contributed by atoms with E-state index in [1.807, 2.05) is 0 Å². The summed E-state index contributed by atoms with van der Waals surface area (Å²) in [6.45, 7) is 6.76. The van der Waals surface area contributed by atoms with Gasteiger partial charge >= 0.3 is 0 Å². The van der Waals surface area contributed by atoms with Crippen molar-refractivity contribution in [3.8, 4) is 6.07 Å². The molecule has 96 valence electrons. The summed E-state index contributed by atoms with van der Waals surface area (Å²) in [7, 11) is 0. The van der Waals surface area contributed by atoms with Gasteiger partial charge in [0.15, 0.2) is 0 Å². The van der Waals surface area contributed by atoms with Crippen LogP contribution in [0.4, 0.5) is 0 Å². The lowest BCUT2D eigenvalue weighted by Crippen LogP contribution is -2.49. The Morgan fingerprint density at radius 1 is 1.35 bits per heavy atom. The molecule has 2 fully saturated rings. The molecule has 0 aromatic carbocycles. The van der Waals surface area contributed by atoms with Gasteiger partial charge in [0.05, 0.1) is 6.07 Å². The third-order valence-electron chi connectivity index (χ3n) is 4.06. The van der Waals surface area contributed by atoms with Crippen LogP contribution in [-0.4, -0.2) is 35.6 Å². The van der Waals surface area contributed by atoms with E-state index in [9.17, 15) is 5.26 Å². The number of nitrogens with one attached hydrogen (secondary N) is 1. The second kappa shape index (κ2) is 5.37. The Morgan fingerprint density at radius 2 is 2.00 bits per heavy atom. The average molecular weight is 235 g/mol. The Hall–Kier alpha value is -0.590. The van der Waals surface area contributed by atoms with Gasteiger partial charge < -0.3 is 4.90 Å². The summed E-state index contributed by atoms with van der Waals surface area (Å²) in [6, 6.07) is 3.61. The summed E-state index contributed by atoms with van der Waals surface area (Å²) in [5.41, 5.74) is -0.335. The van der Waals surface area contributed by atoms with Gasteiger partial charge in [-0.1, -0.05) is 6.42 Å². The molecule has 0 aromatic heterocycles. The van der Waals surface area contributed by atoms with Crippen molar-refractivity contribution in [1.29, 1.82) is 5.26 Å². The van der Waals surface area contributed by atoms with E-state index in [1.54, 1.807) is 0 Å². The van der Waals surface area contributed by atoms with Gasteiger partial charge in [-0.15, -0.1) is 0 Å². The van der Waals surface area contributed by atoms with Crippen molar-refractivity contribution in [2.24, 2.45) is 0 Å². The van der Waals surface area contributed by atoms with Crippen molar-refractivity contribution in [2.75, 3.05) is 13.1 Å². The predicted octanol–water partition coefficient (Wildman–Crippen LogP) is 2.29. The number of nitrogens with zero attached hydrogens (tertiary/aromatic N) is 2. The highest BCUT2D eigenvalue weighted by atomic mass is 15.2. The first kappa shape index (κ1) is 12.9. The number of piperidine rings is 1. The fourth-order valence-corrected chi connectivity index (χ4v) is 2.89. The maximum atomic E-state index is 9.38. The molecule has 1 aliphatic carbocycles. The Bertz CT molecular complexity index is 286. The molecule has 17 heavy (non-hydrogen) atoms. The molecular weight excluding hydrogens is 210 g/mol. The monoisotopic (exact) mass is 235 g/mol. The predicted molar refractivity (Wildman–Crippen MR) is 69.7 cm³/mol. The number of nitriles is 1. The Balaban J connectivity index is 1.85. The van der Waals surface area contributed by atoms with Crippen LogP contribution in [0.2, 0.25) is 0 Å². The van der Waals surface area contributed by atoms with E-state index < -0.39 is 0 Å². The zero-order valence-electron chi connectivity index (χ0n) is 11.2. The summed E-state index contributed by atoms with van der Waals surface area (Å²) >= 11 is 0. The molecule has 2 unspecified atom stereocenters. The van der Waals surface area contributed by atoms with Gasteiger partial charge in [0, 0.05) is 12.1 Å². The van der Waals surface area contributed by atoms with Crippen molar-refractivity contribution in [2.45, 2.75) is 70.0 Å². The summed E-state index contributed by atoms with van der Waals surface area (Å²) < 4.78 is 0. The quantitative estimate of drug-likeness (QED) is 0.794. The molecule has 1 aliphatic heterocycles.